The predicted molar refractivity (Wildman–Crippen MR) is 80.4 cm³/mol. The van der Waals surface area contributed by atoms with Gasteiger partial charge in [0.25, 0.3) is 5.91 Å². The summed E-state index contributed by atoms with van der Waals surface area (Å²) < 4.78 is 0.820. The van der Waals surface area contributed by atoms with E-state index in [1.165, 1.54) is 25.7 Å². The van der Waals surface area contributed by atoms with E-state index in [4.69, 9.17) is 0 Å². The van der Waals surface area contributed by atoms with Crippen molar-refractivity contribution in [3.05, 3.63) is 22.3 Å². The topological polar surface area (TPSA) is 54.0 Å². The second-order valence-corrected chi connectivity index (χ2v) is 5.86. The molecule has 0 atom stereocenters. The van der Waals surface area contributed by atoms with E-state index in [9.17, 15) is 4.79 Å². The summed E-state index contributed by atoms with van der Waals surface area (Å²) in [6, 6.07) is 1.81. The Morgan fingerprint density at radius 2 is 2.21 bits per heavy atom. The summed E-state index contributed by atoms with van der Waals surface area (Å²) in [5.41, 5.74) is 0.606. The number of anilines is 1. The van der Waals surface area contributed by atoms with Crippen LogP contribution in [0.1, 0.15) is 43.0 Å². The van der Waals surface area contributed by atoms with Gasteiger partial charge in [0, 0.05) is 23.8 Å². The van der Waals surface area contributed by atoms with Gasteiger partial charge in [-0.25, -0.2) is 4.98 Å². The molecule has 19 heavy (non-hydrogen) atoms. The Labute approximate surface area is 122 Å². The largest absolute Gasteiger partial charge is 0.370 e. The van der Waals surface area contributed by atoms with E-state index in [0.29, 0.717) is 17.3 Å². The predicted octanol–water partition coefficient (Wildman–Crippen LogP) is 3.20. The van der Waals surface area contributed by atoms with E-state index in [1.54, 1.807) is 6.20 Å². The number of nitrogens with zero attached hydrogens (tertiary/aromatic N) is 1. The fourth-order valence-corrected chi connectivity index (χ4v) is 2.80. The molecule has 5 heteroatoms. The molecule has 2 rings (SSSR count). The van der Waals surface area contributed by atoms with Crippen molar-refractivity contribution < 1.29 is 4.79 Å². The van der Waals surface area contributed by atoms with Gasteiger partial charge in [0.2, 0.25) is 0 Å². The highest BCUT2D eigenvalue weighted by Gasteiger charge is 2.18. The van der Waals surface area contributed by atoms with Crippen molar-refractivity contribution in [3.8, 4) is 0 Å². The lowest BCUT2D eigenvalue weighted by atomic mass is 10.1. The second-order valence-electron chi connectivity index (χ2n) is 4.94. The van der Waals surface area contributed by atoms with Crippen LogP contribution in [0.5, 0.6) is 0 Å². The Bertz CT molecular complexity index is 444. The third-order valence-corrected chi connectivity index (χ3v) is 3.90. The third kappa shape index (κ3) is 3.93. The normalized spacial score (nSPS) is 15.5. The number of hydrogen-bond acceptors (Lipinski definition) is 3. The minimum atomic E-state index is -0.0448. The van der Waals surface area contributed by atoms with Crippen LogP contribution in [0.3, 0.4) is 0 Å². The van der Waals surface area contributed by atoms with Gasteiger partial charge >= 0.3 is 0 Å². The molecule has 1 heterocycles. The standard InChI is InChI=1S/C14H20BrN3O/c1-2-16-13-12(7-11(15)9-17-13)14(19)18-8-10-5-3-4-6-10/h7,9-10H,2-6,8H2,1H3,(H,16,17)(H,18,19). The van der Waals surface area contributed by atoms with Gasteiger partial charge in [-0.3, -0.25) is 4.79 Å². The Morgan fingerprint density at radius 1 is 1.47 bits per heavy atom. The number of rotatable bonds is 5. The summed E-state index contributed by atoms with van der Waals surface area (Å²) in [6.07, 6.45) is 6.75. The molecule has 0 radical (unpaired) electrons. The fraction of sp³-hybridized carbons (Fsp3) is 0.571. The minimum absolute atomic E-state index is 0.0448. The first kappa shape index (κ1) is 14.3. The summed E-state index contributed by atoms with van der Waals surface area (Å²) in [7, 11) is 0. The molecule has 4 nitrogen and oxygen atoms in total. The minimum Gasteiger partial charge on any atom is -0.370 e. The van der Waals surface area contributed by atoms with Crippen LogP contribution in [0.2, 0.25) is 0 Å². The quantitative estimate of drug-likeness (QED) is 0.874. The molecular formula is C14H20BrN3O. The van der Waals surface area contributed by atoms with Gasteiger partial charge in [0.1, 0.15) is 5.82 Å². The number of aromatic nitrogens is 1. The average molecular weight is 326 g/mol. The molecule has 2 N–H and O–H groups in total. The lowest BCUT2D eigenvalue weighted by Gasteiger charge is -2.13. The van der Waals surface area contributed by atoms with Crippen molar-refractivity contribution in [2.24, 2.45) is 5.92 Å². The Morgan fingerprint density at radius 3 is 2.89 bits per heavy atom. The van der Waals surface area contributed by atoms with Crippen LogP contribution in [0.15, 0.2) is 16.7 Å². The summed E-state index contributed by atoms with van der Waals surface area (Å²) in [4.78, 5) is 16.5. The number of carbonyl (C=O) groups is 1. The SMILES string of the molecule is CCNc1ncc(Br)cc1C(=O)NCC1CCCC1. The van der Waals surface area contributed by atoms with Crippen molar-refractivity contribution in [2.75, 3.05) is 18.4 Å². The Balaban J connectivity index is 2.02. The highest BCUT2D eigenvalue weighted by Crippen LogP contribution is 2.24. The number of carbonyl (C=O) groups excluding carboxylic acids is 1. The maximum Gasteiger partial charge on any atom is 0.255 e. The summed E-state index contributed by atoms with van der Waals surface area (Å²) in [5, 5.41) is 6.15. The number of pyridine rings is 1. The first-order chi connectivity index (χ1) is 9.20. The van der Waals surface area contributed by atoms with Crippen molar-refractivity contribution in [1.29, 1.82) is 0 Å². The van der Waals surface area contributed by atoms with E-state index >= 15 is 0 Å². The third-order valence-electron chi connectivity index (χ3n) is 3.47. The van der Waals surface area contributed by atoms with Crippen LogP contribution in [0, 0.1) is 5.92 Å². The first-order valence-corrected chi connectivity index (χ1v) is 7.67. The Kier molecular flexibility index (Phi) is 5.19. The van der Waals surface area contributed by atoms with Crippen LogP contribution < -0.4 is 10.6 Å². The van der Waals surface area contributed by atoms with Gasteiger partial charge in [0.15, 0.2) is 0 Å². The van der Waals surface area contributed by atoms with Crippen LogP contribution in [0.25, 0.3) is 0 Å². The zero-order valence-corrected chi connectivity index (χ0v) is 12.8. The highest BCUT2D eigenvalue weighted by atomic mass is 79.9. The first-order valence-electron chi connectivity index (χ1n) is 6.88. The van der Waals surface area contributed by atoms with Crippen LogP contribution in [-0.4, -0.2) is 24.0 Å². The maximum absolute atomic E-state index is 12.2. The molecule has 0 aliphatic heterocycles. The van der Waals surface area contributed by atoms with E-state index in [0.717, 1.165) is 17.6 Å². The van der Waals surface area contributed by atoms with Crippen molar-refractivity contribution in [3.63, 3.8) is 0 Å². The molecule has 1 saturated carbocycles. The molecule has 1 amide bonds. The number of nitrogens with one attached hydrogen (secondary N) is 2. The smallest absolute Gasteiger partial charge is 0.255 e. The second kappa shape index (κ2) is 6.89. The molecule has 1 aromatic heterocycles. The lowest BCUT2D eigenvalue weighted by Crippen LogP contribution is -2.29. The van der Waals surface area contributed by atoms with E-state index < -0.39 is 0 Å². The highest BCUT2D eigenvalue weighted by molar-refractivity contribution is 9.10. The van der Waals surface area contributed by atoms with Gasteiger partial charge in [-0.2, -0.15) is 0 Å². The summed E-state index contributed by atoms with van der Waals surface area (Å²) in [6.45, 7) is 3.51. The van der Waals surface area contributed by atoms with E-state index in [2.05, 4.69) is 31.5 Å². The maximum atomic E-state index is 12.2. The molecule has 104 valence electrons. The van der Waals surface area contributed by atoms with Crippen LogP contribution >= 0.6 is 15.9 Å². The fourth-order valence-electron chi connectivity index (χ4n) is 2.47. The van der Waals surface area contributed by atoms with Crippen molar-refractivity contribution in [1.82, 2.24) is 10.3 Å². The summed E-state index contributed by atoms with van der Waals surface area (Å²) >= 11 is 3.36. The zero-order valence-electron chi connectivity index (χ0n) is 11.2. The zero-order chi connectivity index (χ0) is 13.7. The molecule has 1 aliphatic rings. The molecule has 0 saturated heterocycles. The molecule has 0 unspecified atom stereocenters. The Hall–Kier alpha value is -1.10. The van der Waals surface area contributed by atoms with Crippen molar-refractivity contribution in [2.45, 2.75) is 32.6 Å². The molecule has 0 spiro atoms. The average Bonchev–Trinajstić information content (AvgIpc) is 2.91. The van der Waals surface area contributed by atoms with Gasteiger partial charge in [-0.15, -0.1) is 0 Å². The lowest BCUT2D eigenvalue weighted by molar-refractivity contribution is 0.0948. The van der Waals surface area contributed by atoms with Crippen molar-refractivity contribution >= 4 is 27.7 Å². The molecule has 1 aromatic rings. The molecule has 0 aromatic carbocycles. The molecule has 0 bridgehead atoms. The van der Waals surface area contributed by atoms with E-state index in [-0.39, 0.29) is 5.91 Å². The molecule has 1 aliphatic carbocycles. The van der Waals surface area contributed by atoms with Gasteiger partial charge in [-0.05, 0) is 47.7 Å². The van der Waals surface area contributed by atoms with Gasteiger partial charge in [0.05, 0.1) is 5.56 Å². The number of halogens is 1. The van der Waals surface area contributed by atoms with Crippen LogP contribution in [-0.2, 0) is 0 Å². The van der Waals surface area contributed by atoms with E-state index in [1.807, 2.05) is 13.0 Å². The summed E-state index contributed by atoms with van der Waals surface area (Å²) in [5.74, 6) is 1.25. The van der Waals surface area contributed by atoms with Crippen LogP contribution in [0.4, 0.5) is 5.82 Å². The van der Waals surface area contributed by atoms with Gasteiger partial charge < -0.3 is 10.6 Å². The van der Waals surface area contributed by atoms with Gasteiger partial charge in [-0.1, -0.05) is 12.8 Å². The number of hydrogen-bond donors (Lipinski definition) is 2. The molecular weight excluding hydrogens is 306 g/mol. The monoisotopic (exact) mass is 325 g/mol. The molecule has 1 fully saturated rings. The number of amides is 1.